The average molecular weight is 383 g/mol. The Morgan fingerprint density at radius 2 is 1.93 bits per heavy atom. The standard InChI is InChI=1S/C21H25N3O4/c1-12(2)15-8-6-7-13(3)18(15)22-17(25)11-24-19(26)21(5,23-20(24)27)16-10-9-14(4)28-16/h6-10,12H,11H2,1-5H3,(H,22,25)(H,23,27). The van der Waals surface area contributed by atoms with Gasteiger partial charge in [0.25, 0.3) is 5.91 Å². The highest BCUT2D eigenvalue weighted by atomic mass is 16.3. The molecule has 1 saturated heterocycles. The first kappa shape index (κ1) is 19.7. The van der Waals surface area contributed by atoms with Gasteiger partial charge in [0.15, 0.2) is 5.54 Å². The summed E-state index contributed by atoms with van der Waals surface area (Å²) in [4.78, 5) is 38.8. The molecule has 0 radical (unpaired) electrons. The van der Waals surface area contributed by atoms with Crippen molar-refractivity contribution in [1.82, 2.24) is 10.2 Å². The maximum absolute atomic E-state index is 12.9. The fraction of sp³-hybridized carbons (Fsp3) is 0.381. The van der Waals surface area contributed by atoms with Crippen LogP contribution in [0, 0.1) is 13.8 Å². The molecule has 1 unspecified atom stereocenters. The quantitative estimate of drug-likeness (QED) is 0.774. The molecule has 4 amide bonds. The van der Waals surface area contributed by atoms with Crippen molar-refractivity contribution < 1.29 is 18.8 Å². The number of benzene rings is 1. The lowest BCUT2D eigenvalue weighted by Gasteiger charge is -2.20. The number of amides is 4. The molecule has 3 rings (SSSR count). The van der Waals surface area contributed by atoms with E-state index < -0.39 is 23.4 Å². The van der Waals surface area contributed by atoms with Crippen LogP contribution in [0.3, 0.4) is 0 Å². The Balaban J connectivity index is 1.78. The minimum Gasteiger partial charge on any atom is -0.463 e. The number of hydrogen-bond acceptors (Lipinski definition) is 4. The fourth-order valence-corrected chi connectivity index (χ4v) is 3.38. The van der Waals surface area contributed by atoms with Crippen LogP contribution in [0.15, 0.2) is 34.7 Å². The maximum atomic E-state index is 12.9. The van der Waals surface area contributed by atoms with Crippen molar-refractivity contribution in [2.75, 3.05) is 11.9 Å². The molecule has 1 aromatic carbocycles. The smallest absolute Gasteiger partial charge is 0.325 e. The lowest BCUT2D eigenvalue weighted by atomic mass is 9.98. The molecular weight excluding hydrogens is 358 g/mol. The number of nitrogens with one attached hydrogen (secondary N) is 2. The summed E-state index contributed by atoms with van der Waals surface area (Å²) in [6.45, 7) is 8.95. The van der Waals surface area contributed by atoms with Crippen molar-refractivity contribution in [3.63, 3.8) is 0 Å². The fourth-order valence-electron chi connectivity index (χ4n) is 3.38. The highest BCUT2D eigenvalue weighted by Gasteiger charge is 2.51. The van der Waals surface area contributed by atoms with Crippen LogP contribution in [0.5, 0.6) is 0 Å². The molecule has 0 spiro atoms. The van der Waals surface area contributed by atoms with Gasteiger partial charge in [0.2, 0.25) is 5.91 Å². The first-order valence-electron chi connectivity index (χ1n) is 9.24. The van der Waals surface area contributed by atoms with Crippen LogP contribution >= 0.6 is 0 Å². The number of anilines is 1. The molecule has 1 aliphatic heterocycles. The van der Waals surface area contributed by atoms with Crippen LogP contribution in [0.1, 0.15) is 49.3 Å². The van der Waals surface area contributed by atoms with Gasteiger partial charge in [0.05, 0.1) is 0 Å². The number of urea groups is 1. The second-order valence-electron chi connectivity index (χ2n) is 7.60. The Bertz CT molecular complexity index is 947. The summed E-state index contributed by atoms with van der Waals surface area (Å²) in [6.07, 6.45) is 0. The molecule has 1 atom stereocenters. The van der Waals surface area contributed by atoms with Crippen molar-refractivity contribution >= 4 is 23.5 Å². The number of hydrogen-bond donors (Lipinski definition) is 2. The van der Waals surface area contributed by atoms with Gasteiger partial charge in [0.1, 0.15) is 18.1 Å². The van der Waals surface area contributed by atoms with E-state index in [1.54, 1.807) is 26.0 Å². The molecule has 7 nitrogen and oxygen atoms in total. The van der Waals surface area contributed by atoms with E-state index in [1.807, 2.05) is 39.0 Å². The van der Waals surface area contributed by atoms with E-state index in [1.165, 1.54) is 0 Å². The molecular formula is C21H25N3O4. The van der Waals surface area contributed by atoms with Gasteiger partial charge in [-0.25, -0.2) is 4.79 Å². The monoisotopic (exact) mass is 383 g/mol. The Morgan fingerprint density at radius 3 is 2.54 bits per heavy atom. The highest BCUT2D eigenvalue weighted by Crippen LogP contribution is 2.31. The van der Waals surface area contributed by atoms with Crippen LogP contribution in [-0.2, 0) is 15.1 Å². The van der Waals surface area contributed by atoms with E-state index in [0.29, 0.717) is 11.5 Å². The molecule has 0 bridgehead atoms. The van der Waals surface area contributed by atoms with Crippen LogP contribution in [0.25, 0.3) is 0 Å². The maximum Gasteiger partial charge on any atom is 0.325 e. The predicted molar refractivity (Wildman–Crippen MR) is 105 cm³/mol. The van der Waals surface area contributed by atoms with Crippen LogP contribution in [0.4, 0.5) is 10.5 Å². The number of rotatable bonds is 5. The molecule has 0 aliphatic carbocycles. The van der Waals surface area contributed by atoms with Gasteiger partial charge >= 0.3 is 6.03 Å². The lowest BCUT2D eigenvalue weighted by molar-refractivity contribution is -0.134. The van der Waals surface area contributed by atoms with Gasteiger partial charge in [-0.1, -0.05) is 32.0 Å². The van der Waals surface area contributed by atoms with Gasteiger partial charge in [-0.3, -0.25) is 14.5 Å². The van der Waals surface area contributed by atoms with Crippen molar-refractivity contribution in [3.05, 3.63) is 53.0 Å². The summed E-state index contributed by atoms with van der Waals surface area (Å²) in [6, 6.07) is 8.56. The summed E-state index contributed by atoms with van der Waals surface area (Å²) in [7, 11) is 0. The number of para-hydroxylation sites is 1. The number of furan rings is 1. The van der Waals surface area contributed by atoms with Gasteiger partial charge in [-0.15, -0.1) is 0 Å². The number of imide groups is 1. The number of aryl methyl sites for hydroxylation is 2. The van der Waals surface area contributed by atoms with Crippen LogP contribution in [0.2, 0.25) is 0 Å². The van der Waals surface area contributed by atoms with E-state index in [9.17, 15) is 14.4 Å². The summed E-state index contributed by atoms with van der Waals surface area (Å²) < 4.78 is 5.53. The van der Waals surface area contributed by atoms with Gasteiger partial charge in [0, 0.05) is 5.69 Å². The highest BCUT2D eigenvalue weighted by molar-refractivity contribution is 6.10. The number of carbonyl (C=O) groups is 3. The van der Waals surface area contributed by atoms with E-state index in [4.69, 9.17) is 4.42 Å². The molecule has 1 aromatic heterocycles. The van der Waals surface area contributed by atoms with Gasteiger partial charge < -0.3 is 15.1 Å². The zero-order valence-electron chi connectivity index (χ0n) is 16.8. The zero-order chi connectivity index (χ0) is 20.6. The van der Waals surface area contributed by atoms with Gasteiger partial charge in [-0.2, -0.15) is 0 Å². The SMILES string of the molecule is Cc1ccc(C2(C)NC(=O)N(CC(=O)Nc3c(C)cccc3C(C)C)C2=O)o1. The molecule has 7 heteroatoms. The van der Waals surface area contributed by atoms with Crippen molar-refractivity contribution in [3.8, 4) is 0 Å². The van der Waals surface area contributed by atoms with Crippen molar-refractivity contribution in [1.29, 1.82) is 0 Å². The topological polar surface area (TPSA) is 91.7 Å². The molecule has 2 N–H and O–H groups in total. The zero-order valence-corrected chi connectivity index (χ0v) is 16.8. The minimum absolute atomic E-state index is 0.220. The van der Waals surface area contributed by atoms with Crippen LogP contribution in [-0.4, -0.2) is 29.3 Å². The first-order valence-corrected chi connectivity index (χ1v) is 9.24. The summed E-state index contributed by atoms with van der Waals surface area (Å²) in [5.41, 5.74) is 1.32. The Hall–Kier alpha value is -3.09. The van der Waals surface area contributed by atoms with E-state index in [0.717, 1.165) is 21.7 Å². The molecule has 2 aromatic rings. The largest absolute Gasteiger partial charge is 0.463 e. The van der Waals surface area contributed by atoms with E-state index in [-0.39, 0.29) is 12.5 Å². The predicted octanol–water partition coefficient (Wildman–Crippen LogP) is 3.43. The second kappa shape index (κ2) is 7.14. The third-order valence-electron chi connectivity index (χ3n) is 5.00. The Labute approximate surface area is 164 Å². The Kier molecular flexibility index (Phi) is 5.02. The molecule has 1 fully saturated rings. The Morgan fingerprint density at radius 1 is 1.21 bits per heavy atom. The summed E-state index contributed by atoms with van der Waals surface area (Å²) in [5, 5.41) is 5.50. The molecule has 0 saturated carbocycles. The second-order valence-corrected chi connectivity index (χ2v) is 7.60. The summed E-state index contributed by atoms with van der Waals surface area (Å²) >= 11 is 0. The molecule has 148 valence electrons. The third-order valence-corrected chi connectivity index (χ3v) is 5.00. The normalized spacial score (nSPS) is 19.3. The van der Waals surface area contributed by atoms with E-state index >= 15 is 0 Å². The molecule has 28 heavy (non-hydrogen) atoms. The average Bonchev–Trinajstić information content (AvgIpc) is 3.15. The summed E-state index contributed by atoms with van der Waals surface area (Å²) in [5.74, 6) is 0.246. The minimum atomic E-state index is -1.32. The van der Waals surface area contributed by atoms with Crippen molar-refractivity contribution in [2.24, 2.45) is 0 Å². The third kappa shape index (κ3) is 3.40. The number of carbonyl (C=O) groups excluding carboxylic acids is 3. The lowest BCUT2D eigenvalue weighted by Crippen LogP contribution is -2.42. The molecule has 2 heterocycles. The first-order chi connectivity index (χ1) is 13.1. The number of nitrogens with zero attached hydrogens (tertiary/aromatic N) is 1. The van der Waals surface area contributed by atoms with E-state index in [2.05, 4.69) is 10.6 Å². The van der Waals surface area contributed by atoms with Gasteiger partial charge in [-0.05, 0) is 49.9 Å². The molecule has 1 aliphatic rings. The van der Waals surface area contributed by atoms with Crippen LogP contribution < -0.4 is 10.6 Å². The van der Waals surface area contributed by atoms with Crippen molar-refractivity contribution in [2.45, 2.75) is 46.1 Å².